The number of hydrogen-bond donors (Lipinski definition) is 3. The number of phenols is 1. The molecule has 3 N–H and O–H groups in total. The molecule has 0 aliphatic rings. The van der Waals surface area contributed by atoms with E-state index in [0.717, 1.165) is 10.0 Å². The number of rotatable bonds is 7. The number of nitrogens with one attached hydrogen (secondary N) is 2. The van der Waals surface area contributed by atoms with Crippen LogP contribution in [-0.2, 0) is 6.54 Å². The van der Waals surface area contributed by atoms with Gasteiger partial charge in [0, 0.05) is 30.7 Å². The van der Waals surface area contributed by atoms with E-state index >= 15 is 0 Å². The summed E-state index contributed by atoms with van der Waals surface area (Å²) in [5, 5.41) is 17.4. The molecule has 29 heavy (non-hydrogen) atoms. The molecular formula is C19H19Br2N7O. The quantitative estimate of drug-likeness (QED) is 0.317. The number of aromatic nitrogens is 3. The molecule has 0 aliphatic carbocycles. The van der Waals surface area contributed by atoms with Crippen molar-refractivity contribution in [2.75, 3.05) is 29.7 Å². The first-order valence-electron chi connectivity index (χ1n) is 8.60. The van der Waals surface area contributed by atoms with Crippen molar-refractivity contribution in [1.29, 1.82) is 0 Å². The fourth-order valence-corrected chi connectivity index (χ4v) is 3.57. The summed E-state index contributed by atoms with van der Waals surface area (Å²) >= 11 is 6.68. The third-order valence-corrected chi connectivity index (χ3v) is 4.81. The van der Waals surface area contributed by atoms with Crippen molar-refractivity contribution in [1.82, 2.24) is 15.0 Å². The molecule has 10 heteroatoms. The molecule has 0 unspecified atom stereocenters. The number of phenolic OH excluding ortho intramolecular Hbond substituents is 1. The maximum atomic E-state index is 10.1. The average Bonchev–Trinajstić information content (AvgIpc) is 2.70. The minimum Gasteiger partial charge on any atom is -0.506 e. The van der Waals surface area contributed by atoms with Crippen LogP contribution in [0.25, 0.3) is 0 Å². The van der Waals surface area contributed by atoms with Crippen molar-refractivity contribution in [3.8, 4) is 5.75 Å². The molecule has 0 aliphatic heterocycles. The van der Waals surface area contributed by atoms with Crippen LogP contribution in [0.2, 0.25) is 0 Å². The molecule has 1 heterocycles. The van der Waals surface area contributed by atoms with Gasteiger partial charge in [-0.2, -0.15) is 20.1 Å². The van der Waals surface area contributed by atoms with Crippen molar-refractivity contribution in [3.05, 3.63) is 62.5 Å². The van der Waals surface area contributed by atoms with Gasteiger partial charge in [-0.3, -0.25) is 0 Å². The van der Waals surface area contributed by atoms with Crippen molar-refractivity contribution in [2.24, 2.45) is 5.10 Å². The summed E-state index contributed by atoms with van der Waals surface area (Å²) in [7, 11) is 3.70. The second-order valence-corrected chi connectivity index (χ2v) is 7.98. The molecule has 0 bridgehead atoms. The van der Waals surface area contributed by atoms with Crippen LogP contribution in [0.3, 0.4) is 0 Å². The van der Waals surface area contributed by atoms with E-state index in [-0.39, 0.29) is 11.7 Å². The zero-order valence-electron chi connectivity index (χ0n) is 15.8. The van der Waals surface area contributed by atoms with Crippen molar-refractivity contribution >= 4 is 55.9 Å². The molecular weight excluding hydrogens is 502 g/mol. The monoisotopic (exact) mass is 519 g/mol. The van der Waals surface area contributed by atoms with Crippen molar-refractivity contribution in [2.45, 2.75) is 6.54 Å². The highest BCUT2D eigenvalue weighted by atomic mass is 79.9. The Morgan fingerprint density at radius 2 is 1.79 bits per heavy atom. The fourth-order valence-electron chi connectivity index (χ4n) is 2.31. The highest BCUT2D eigenvalue weighted by Crippen LogP contribution is 2.30. The topological polar surface area (TPSA) is 98.6 Å². The molecule has 0 saturated heterocycles. The first kappa shape index (κ1) is 21.0. The van der Waals surface area contributed by atoms with E-state index in [1.54, 1.807) is 17.0 Å². The van der Waals surface area contributed by atoms with Gasteiger partial charge >= 0.3 is 0 Å². The molecule has 0 amide bonds. The van der Waals surface area contributed by atoms with Crippen molar-refractivity contribution in [3.63, 3.8) is 0 Å². The van der Waals surface area contributed by atoms with Crippen LogP contribution in [-0.4, -0.2) is 40.4 Å². The Morgan fingerprint density at radius 1 is 1.07 bits per heavy atom. The summed E-state index contributed by atoms with van der Waals surface area (Å²) in [4.78, 5) is 14.9. The smallest absolute Gasteiger partial charge is 0.250 e. The van der Waals surface area contributed by atoms with Crippen LogP contribution in [0.15, 0.2) is 56.5 Å². The number of aromatic hydroxyl groups is 1. The Hall–Kier alpha value is -2.72. The van der Waals surface area contributed by atoms with E-state index in [1.165, 1.54) is 6.21 Å². The first-order valence-corrected chi connectivity index (χ1v) is 10.2. The third-order valence-electron chi connectivity index (χ3n) is 3.74. The molecule has 0 saturated carbocycles. The Balaban J connectivity index is 1.77. The summed E-state index contributed by atoms with van der Waals surface area (Å²) in [6.45, 7) is 0.584. The number of hydrazone groups is 1. The lowest BCUT2D eigenvalue weighted by atomic mass is 10.2. The molecule has 0 spiro atoms. The third kappa shape index (κ3) is 5.88. The molecule has 0 fully saturated rings. The summed E-state index contributed by atoms with van der Waals surface area (Å²) in [6.07, 6.45) is 1.49. The molecule has 1 aromatic heterocycles. The number of nitrogens with zero attached hydrogens (tertiary/aromatic N) is 5. The molecule has 3 aromatic rings. The van der Waals surface area contributed by atoms with Crippen LogP contribution < -0.4 is 15.6 Å². The lowest BCUT2D eigenvalue weighted by Crippen LogP contribution is -2.16. The van der Waals surface area contributed by atoms with Gasteiger partial charge in [0.15, 0.2) is 0 Å². The molecule has 2 aromatic carbocycles. The summed E-state index contributed by atoms with van der Waals surface area (Å²) in [5.74, 6) is 1.29. The van der Waals surface area contributed by atoms with Gasteiger partial charge in [0.25, 0.3) is 0 Å². The average molecular weight is 521 g/mol. The minimum absolute atomic E-state index is 0.0913. The number of hydrogen-bond acceptors (Lipinski definition) is 8. The van der Waals surface area contributed by atoms with Crippen LogP contribution in [0, 0.1) is 0 Å². The van der Waals surface area contributed by atoms with Gasteiger partial charge in [-0.15, -0.1) is 0 Å². The van der Waals surface area contributed by atoms with E-state index in [9.17, 15) is 5.11 Å². The van der Waals surface area contributed by atoms with E-state index in [2.05, 4.69) is 62.7 Å². The summed E-state index contributed by atoms with van der Waals surface area (Å²) in [6, 6.07) is 13.5. The van der Waals surface area contributed by atoms with Gasteiger partial charge in [0.05, 0.1) is 10.7 Å². The SMILES string of the molecule is CN(C)c1nc(NCc2ccccc2)nc(N/N=C\c2cc(Br)cc(Br)c2O)n1. The normalized spacial score (nSPS) is 10.9. The Morgan fingerprint density at radius 3 is 2.52 bits per heavy atom. The van der Waals surface area contributed by atoms with E-state index in [0.29, 0.717) is 28.5 Å². The molecule has 8 nitrogen and oxygen atoms in total. The molecule has 150 valence electrons. The molecule has 0 atom stereocenters. The first-order chi connectivity index (χ1) is 13.9. The van der Waals surface area contributed by atoms with Crippen LogP contribution >= 0.6 is 31.9 Å². The maximum absolute atomic E-state index is 10.1. The lowest BCUT2D eigenvalue weighted by Gasteiger charge is -2.13. The number of benzene rings is 2. The highest BCUT2D eigenvalue weighted by Gasteiger charge is 2.09. The van der Waals surface area contributed by atoms with E-state index in [4.69, 9.17) is 0 Å². The summed E-state index contributed by atoms with van der Waals surface area (Å²) < 4.78 is 1.38. The standard InChI is InChI=1S/C19H19Br2N7O/c1-28(2)19-25-17(22-10-12-6-4-3-5-7-12)24-18(26-19)27-23-11-13-8-14(20)9-15(21)16(13)29/h3-9,11,29H,10H2,1-2H3,(H2,22,24,25,26,27)/b23-11-. The van der Waals surface area contributed by atoms with Crippen LogP contribution in [0.5, 0.6) is 5.75 Å². The second-order valence-electron chi connectivity index (χ2n) is 6.21. The van der Waals surface area contributed by atoms with Gasteiger partial charge in [0.1, 0.15) is 5.75 Å². The van der Waals surface area contributed by atoms with Crippen LogP contribution in [0.1, 0.15) is 11.1 Å². The van der Waals surface area contributed by atoms with Gasteiger partial charge in [0.2, 0.25) is 17.8 Å². The molecule has 3 rings (SSSR count). The lowest BCUT2D eigenvalue weighted by molar-refractivity contribution is 0.471. The van der Waals surface area contributed by atoms with Crippen LogP contribution in [0.4, 0.5) is 17.8 Å². The van der Waals surface area contributed by atoms with Crippen molar-refractivity contribution < 1.29 is 5.11 Å². The second kappa shape index (κ2) is 9.66. The zero-order valence-corrected chi connectivity index (χ0v) is 18.9. The minimum atomic E-state index is 0.0913. The highest BCUT2D eigenvalue weighted by molar-refractivity contribution is 9.11. The Kier molecular flexibility index (Phi) is 6.99. The largest absolute Gasteiger partial charge is 0.506 e. The zero-order chi connectivity index (χ0) is 20.8. The fraction of sp³-hybridized carbons (Fsp3) is 0.158. The number of halogens is 2. The predicted octanol–water partition coefficient (Wildman–Crippen LogP) is 4.23. The van der Waals surface area contributed by atoms with E-state index < -0.39 is 0 Å². The van der Waals surface area contributed by atoms with Gasteiger partial charge in [-0.05, 0) is 33.6 Å². The predicted molar refractivity (Wildman–Crippen MR) is 123 cm³/mol. The summed E-state index contributed by atoms with van der Waals surface area (Å²) in [5.41, 5.74) is 4.44. The van der Waals surface area contributed by atoms with E-state index in [1.807, 2.05) is 44.4 Å². The maximum Gasteiger partial charge on any atom is 0.250 e. The molecule has 0 radical (unpaired) electrons. The van der Waals surface area contributed by atoms with Gasteiger partial charge in [-0.25, -0.2) is 5.43 Å². The Labute approximate surface area is 185 Å². The van der Waals surface area contributed by atoms with Gasteiger partial charge < -0.3 is 15.3 Å². The Bertz CT molecular complexity index is 1010. The van der Waals surface area contributed by atoms with Gasteiger partial charge in [-0.1, -0.05) is 46.3 Å². The number of anilines is 3.